The van der Waals surface area contributed by atoms with E-state index in [0.717, 1.165) is 32.1 Å². The Morgan fingerprint density at radius 3 is 2.42 bits per heavy atom. The Morgan fingerprint density at radius 1 is 1.12 bits per heavy atom. The number of unbranched alkanes of at least 4 members (excludes halogenated alkanes) is 6. The number of Topliss-reactive ketones (excluding diaryl/α,β-unsaturated/α-hetero) is 1. The maximum Gasteiger partial charge on any atom is 0.139 e. The van der Waals surface area contributed by atoms with E-state index < -0.39 is 5.60 Å². The Hall–Kier alpha value is -0.630. The summed E-state index contributed by atoms with van der Waals surface area (Å²) in [6, 6.07) is 0. The van der Waals surface area contributed by atoms with E-state index >= 15 is 0 Å². The van der Waals surface area contributed by atoms with Crippen molar-refractivity contribution in [1.29, 1.82) is 0 Å². The zero-order valence-electron chi connectivity index (χ0n) is 16.6. The number of ketones is 1. The minimum Gasteiger partial charge on any atom is -0.386 e. The van der Waals surface area contributed by atoms with E-state index in [1.54, 1.807) is 0 Å². The van der Waals surface area contributed by atoms with Crippen molar-refractivity contribution in [3.05, 3.63) is 12.2 Å². The molecule has 0 aromatic rings. The first-order chi connectivity index (χ1) is 11.4. The number of carbonyl (C=O) groups is 1. The van der Waals surface area contributed by atoms with Crippen LogP contribution < -0.4 is 0 Å². The van der Waals surface area contributed by atoms with E-state index in [-0.39, 0.29) is 5.41 Å². The molecule has 0 saturated heterocycles. The molecule has 1 unspecified atom stereocenters. The molecule has 0 bridgehead atoms. The SMILES string of the molecule is CCCCCCC[C@@]1(C)C(=O)CC[C@@H]1/C=C/C(C)(O)CCCCC. The fourth-order valence-corrected chi connectivity index (χ4v) is 3.97. The van der Waals surface area contributed by atoms with Crippen LogP contribution in [0.5, 0.6) is 0 Å². The zero-order chi connectivity index (χ0) is 18.1. The van der Waals surface area contributed by atoms with Gasteiger partial charge in [-0.3, -0.25) is 4.79 Å². The average Bonchev–Trinajstić information content (AvgIpc) is 2.81. The summed E-state index contributed by atoms with van der Waals surface area (Å²) >= 11 is 0. The van der Waals surface area contributed by atoms with E-state index in [2.05, 4.69) is 26.8 Å². The van der Waals surface area contributed by atoms with E-state index in [1.807, 2.05) is 13.0 Å². The molecule has 1 aliphatic rings. The molecule has 0 heterocycles. The summed E-state index contributed by atoms with van der Waals surface area (Å²) in [5.41, 5.74) is -0.939. The van der Waals surface area contributed by atoms with Gasteiger partial charge in [-0.2, -0.15) is 0 Å². The van der Waals surface area contributed by atoms with Crippen molar-refractivity contribution in [1.82, 2.24) is 0 Å². The molecule has 1 fully saturated rings. The maximum absolute atomic E-state index is 12.5. The molecule has 24 heavy (non-hydrogen) atoms. The second kappa shape index (κ2) is 10.4. The largest absolute Gasteiger partial charge is 0.386 e. The van der Waals surface area contributed by atoms with Gasteiger partial charge in [0.2, 0.25) is 0 Å². The highest BCUT2D eigenvalue weighted by atomic mass is 16.3. The third-order valence-corrected chi connectivity index (χ3v) is 5.91. The van der Waals surface area contributed by atoms with Crippen LogP contribution in [0, 0.1) is 11.3 Å². The lowest BCUT2D eigenvalue weighted by Gasteiger charge is -2.29. The Labute approximate surface area is 150 Å². The van der Waals surface area contributed by atoms with Crippen molar-refractivity contribution >= 4 is 5.78 Å². The van der Waals surface area contributed by atoms with Crippen molar-refractivity contribution in [2.24, 2.45) is 11.3 Å². The van der Waals surface area contributed by atoms with Crippen LogP contribution in [-0.4, -0.2) is 16.5 Å². The van der Waals surface area contributed by atoms with Crippen LogP contribution in [0.15, 0.2) is 12.2 Å². The van der Waals surface area contributed by atoms with E-state index in [9.17, 15) is 9.90 Å². The molecular formula is C22H40O2. The van der Waals surface area contributed by atoms with Crippen LogP contribution in [0.4, 0.5) is 0 Å². The summed E-state index contributed by atoms with van der Waals surface area (Å²) in [7, 11) is 0. The summed E-state index contributed by atoms with van der Waals surface area (Å²) in [5, 5.41) is 10.5. The van der Waals surface area contributed by atoms with Gasteiger partial charge in [0, 0.05) is 11.8 Å². The fourth-order valence-electron chi connectivity index (χ4n) is 3.97. The van der Waals surface area contributed by atoms with Gasteiger partial charge >= 0.3 is 0 Å². The van der Waals surface area contributed by atoms with Crippen LogP contribution in [0.2, 0.25) is 0 Å². The highest BCUT2D eigenvalue weighted by molar-refractivity contribution is 5.87. The van der Waals surface area contributed by atoms with Crippen LogP contribution >= 0.6 is 0 Å². The number of hydrogen-bond acceptors (Lipinski definition) is 2. The number of rotatable bonds is 12. The Kier molecular flexibility index (Phi) is 9.26. The van der Waals surface area contributed by atoms with Crippen molar-refractivity contribution in [2.75, 3.05) is 0 Å². The molecule has 2 heteroatoms. The van der Waals surface area contributed by atoms with E-state index in [4.69, 9.17) is 0 Å². The molecule has 0 aromatic carbocycles. The Balaban J connectivity index is 2.57. The lowest BCUT2D eigenvalue weighted by atomic mass is 9.74. The normalized spacial score (nSPS) is 27.0. The molecule has 0 aromatic heterocycles. The van der Waals surface area contributed by atoms with Gasteiger partial charge in [-0.25, -0.2) is 0 Å². The minimum absolute atomic E-state index is 0.206. The molecule has 140 valence electrons. The Morgan fingerprint density at radius 2 is 1.75 bits per heavy atom. The van der Waals surface area contributed by atoms with Crippen molar-refractivity contribution in [3.63, 3.8) is 0 Å². The van der Waals surface area contributed by atoms with Crippen LogP contribution in [0.25, 0.3) is 0 Å². The summed E-state index contributed by atoms with van der Waals surface area (Å²) in [6.45, 7) is 8.47. The average molecular weight is 337 g/mol. The van der Waals surface area contributed by atoms with Gasteiger partial charge in [0.05, 0.1) is 5.60 Å². The molecule has 0 aliphatic heterocycles. The highest BCUT2D eigenvalue weighted by Gasteiger charge is 2.44. The summed E-state index contributed by atoms with van der Waals surface area (Å²) in [4.78, 5) is 12.5. The van der Waals surface area contributed by atoms with Gasteiger partial charge in [0.15, 0.2) is 0 Å². The quantitative estimate of drug-likeness (QED) is 0.339. The second-order valence-corrected chi connectivity index (χ2v) is 8.32. The summed E-state index contributed by atoms with van der Waals surface area (Å²) in [5.74, 6) is 0.729. The molecule has 1 aliphatic carbocycles. The molecule has 1 rings (SSSR count). The number of allylic oxidation sites excluding steroid dienone is 1. The number of carbonyl (C=O) groups excluding carboxylic acids is 1. The lowest BCUT2D eigenvalue weighted by Crippen LogP contribution is -2.29. The van der Waals surface area contributed by atoms with Crippen molar-refractivity contribution in [2.45, 2.75) is 110 Å². The van der Waals surface area contributed by atoms with Crippen LogP contribution in [-0.2, 0) is 4.79 Å². The first kappa shape index (κ1) is 21.4. The molecule has 2 nitrogen and oxygen atoms in total. The molecule has 0 radical (unpaired) electrons. The van der Waals surface area contributed by atoms with Crippen molar-refractivity contribution < 1.29 is 9.90 Å². The number of aliphatic hydroxyl groups is 1. The lowest BCUT2D eigenvalue weighted by molar-refractivity contribution is -0.126. The van der Waals surface area contributed by atoms with Crippen molar-refractivity contribution in [3.8, 4) is 0 Å². The molecule has 3 atom stereocenters. The maximum atomic E-state index is 12.5. The summed E-state index contributed by atoms with van der Waals surface area (Å²) in [6.07, 6.45) is 17.2. The molecule has 1 saturated carbocycles. The second-order valence-electron chi connectivity index (χ2n) is 8.32. The third kappa shape index (κ3) is 6.70. The molecular weight excluding hydrogens is 296 g/mol. The zero-order valence-corrected chi connectivity index (χ0v) is 16.6. The van der Waals surface area contributed by atoms with Gasteiger partial charge in [0.1, 0.15) is 5.78 Å². The predicted molar refractivity (Wildman–Crippen MR) is 103 cm³/mol. The summed E-state index contributed by atoms with van der Waals surface area (Å²) < 4.78 is 0. The smallest absolute Gasteiger partial charge is 0.139 e. The number of hydrogen-bond donors (Lipinski definition) is 1. The van der Waals surface area contributed by atoms with E-state index in [1.165, 1.54) is 38.5 Å². The Bertz CT molecular complexity index is 397. The molecule has 0 amide bonds. The third-order valence-electron chi connectivity index (χ3n) is 5.91. The van der Waals surface area contributed by atoms with Gasteiger partial charge < -0.3 is 5.11 Å². The van der Waals surface area contributed by atoms with Gasteiger partial charge in [-0.15, -0.1) is 0 Å². The first-order valence-corrected chi connectivity index (χ1v) is 10.3. The fraction of sp³-hybridized carbons (Fsp3) is 0.864. The first-order valence-electron chi connectivity index (χ1n) is 10.3. The van der Waals surface area contributed by atoms with Gasteiger partial charge in [0.25, 0.3) is 0 Å². The molecule has 1 N–H and O–H groups in total. The van der Waals surface area contributed by atoms with Gasteiger partial charge in [-0.1, -0.05) is 84.3 Å². The predicted octanol–water partition coefficient (Wildman–Crippen LogP) is 6.22. The topological polar surface area (TPSA) is 37.3 Å². The standard InChI is InChI=1S/C22H40O2/c1-5-7-9-10-12-17-22(4)19(13-14-20(22)23)15-18-21(3,24)16-11-8-6-2/h15,18-19,24H,5-14,16-17H2,1-4H3/b18-15+/t19-,21?,22-/m1/s1. The molecule has 0 spiro atoms. The minimum atomic E-state index is -0.733. The van der Waals surface area contributed by atoms with E-state index in [0.29, 0.717) is 18.1 Å². The van der Waals surface area contributed by atoms with Crippen LogP contribution in [0.1, 0.15) is 105 Å². The van der Waals surface area contributed by atoms with Gasteiger partial charge in [-0.05, 0) is 32.1 Å². The monoisotopic (exact) mass is 336 g/mol. The van der Waals surface area contributed by atoms with Crippen LogP contribution in [0.3, 0.4) is 0 Å². The highest BCUT2D eigenvalue weighted by Crippen LogP contribution is 2.45.